The number of pyridine rings is 3. The van der Waals surface area contributed by atoms with Crippen molar-refractivity contribution in [3.8, 4) is 49.0 Å². The molecule has 9 aromatic carbocycles. The van der Waals surface area contributed by atoms with Gasteiger partial charge in [-0.15, -0.1) is 34.0 Å². The Hall–Kier alpha value is -11.7. The molecule has 0 amide bonds. The number of carboxylic acid groups (broad SMARTS) is 3. The number of thiophene rings is 3. The summed E-state index contributed by atoms with van der Waals surface area (Å²) in [6.45, 7) is 16.6. The average molecular weight is 1700 g/mol. The number of aryl methyl sites for hydroxylation is 6. The Morgan fingerprint density at radius 3 is 0.846 bits per heavy atom. The van der Waals surface area contributed by atoms with E-state index in [1.807, 2.05) is 115 Å². The maximum absolute atomic E-state index is 12.9. The van der Waals surface area contributed by atoms with Gasteiger partial charge in [-0.3, -0.25) is 0 Å². The normalized spacial score (nSPS) is 12.9. The van der Waals surface area contributed by atoms with Crippen LogP contribution in [0, 0.1) is 41.5 Å². The van der Waals surface area contributed by atoms with Crippen molar-refractivity contribution < 1.29 is 95.5 Å². The summed E-state index contributed by atoms with van der Waals surface area (Å²) < 4.78 is 169. The molecule has 6 aromatic heterocycles. The van der Waals surface area contributed by atoms with Gasteiger partial charge in [-0.1, -0.05) is 109 Å². The predicted molar refractivity (Wildman–Crippen MR) is 443 cm³/mol. The first kappa shape index (κ1) is 83.3. The molecule has 3 atom stereocenters. The number of halogens is 6. The number of benzene rings is 9. The third kappa shape index (κ3) is 16.4. The second-order valence-corrected chi connectivity index (χ2v) is 36.8. The Labute approximate surface area is 678 Å². The molecule has 0 aliphatic rings. The van der Waals surface area contributed by atoms with Crippen LogP contribution in [-0.2, 0) is 29.5 Å². The van der Waals surface area contributed by atoms with E-state index in [1.165, 1.54) is 59.1 Å². The molecule has 0 saturated carbocycles. The molecule has 600 valence electrons. The molecule has 30 heteroatoms. The van der Waals surface area contributed by atoms with Gasteiger partial charge in [0.25, 0.3) is 19.7 Å². The third-order valence-corrected chi connectivity index (χ3v) is 27.9. The molecule has 0 saturated heterocycles. The molecular formula is C87H69F6N3O15S6. The molecule has 3 N–H and O–H groups in total. The first-order chi connectivity index (χ1) is 55.1. The third-order valence-electron chi connectivity index (χ3n) is 19.9. The summed E-state index contributed by atoms with van der Waals surface area (Å²) in [5.74, 6) is -2.54. The van der Waals surface area contributed by atoms with Gasteiger partial charge in [0.05, 0.1) is 95.8 Å². The van der Waals surface area contributed by atoms with E-state index < -0.39 is 86.5 Å². The van der Waals surface area contributed by atoms with Crippen molar-refractivity contribution in [2.75, 3.05) is 6.26 Å². The van der Waals surface area contributed by atoms with Crippen molar-refractivity contribution in [1.29, 1.82) is 0 Å². The van der Waals surface area contributed by atoms with Crippen LogP contribution in [-0.4, -0.2) is 90.7 Å². The van der Waals surface area contributed by atoms with Gasteiger partial charge in [0.15, 0.2) is 9.84 Å². The van der Waals surface area contributed by atoms with Crippen molar-refractivity contribution in [2.45, 2.75) is 106 Å². The highest BCUT2D eigenvalue weighted by atomic mass is 32.2. The van der Waals surface area contributed by atoms with E-state index in [4.69, 9.17) is 29.2 Å². The Balaban J connectivity index is 0.000000153. The van der Waals surface area contributed by atoms with Crippen LogP contribution in [0.1, 0.15) is 120 Å². The summed E-state index contributed by atoms with van der Waals surface area (Å²) in [5, 5.41) is 34.8. The minimum Gasteiger partial charge on any atom is -0.485 e. The molecule has 0 spiro atoms. The lowest BCUT2D eigenvalue weighted by molar-refractivity contribution is -0.0442. The maximum Gasteiger partial charge on any atom is 0.501 e. The number of rotatable bonds is 18. The van der Waals surface area contributed by atoms with Gasteiger partial charge in [0.1, 0.15) is 35.6 Å². The molecule has 0 bridgehead atoms. The second-order valence-electron chi connectivity index (χ2n) is 27.7. The summed E-state index contributed by atoms with van der Waals surface area (Å²) in [5.41, 5.74) is -0.625. The highest BCUT2D eigenvalue weighted by molar-refractivity contribution is 7.92. The SMILES string of the molecule is Cc1c(-c2cc(C(=O)O)c3c(O[C@@H](C)c4ccc(S(=O)(=O)C(F)(F)F)cc4)ccc(C)c3n2)sc2ccccc12.Cc1c(-c2cc(C(=O)O)c3c(O[C@@H](C)c4ccc(S(C)(=O)=O)cc4)ccc(C)c3n2)sc2ccccc12.Cc1c(-c2cc(C(=O)O)c3c(O[C@H](C)c4ccc(S(=O)(=O)C(F)(F)F)cc4)ccc(C)c3n2)sc2ccccc12. The van der Waals surface area contributed by atoms with Gasteiger partial charge in [-0.05, 0) is 220 Å². The van der Waals surface area contributed by atoms with E-state index in [2.05, 4.69) is 12.1 Å². The molecule has 0 aliphatic heterocycles. The first-order valence-electron chi connectivity index (χ1n) is 35.7. The summed E-state index contributed by atoms with van der Waals surface area (Å²) in [7, 11) is -14.3. The number of carboxylic acids is 3. The average Bonchev–Trinajstić information content (AvgIpc) is 1.11. The molecule has 117 heavy (non-hydrogen) atoms. The van der Waals surface area contributed by atoms with Crippen molar-refractivity contribution >= 4 is 144 Å². The number of alkyl halides is 6. The Morgan fingerprint density at radius 1 is 0.368 bits per heavy atom. The molecule has 0 aliphatic carbocycles. The number of nitrogens with zero attached hydrogens (tertiary/aromatic N) is 3. The topological polar surface area (TPSA) is 281 Å². The number of aromatic carboxylic acids is 3. The van der Waals surface area contributed by atoms with Crippen LogP contribution in [0.3, 0.4) is 0 Å². The smallest absolute Gasteiger partial charge is 0.485 e. The van der Waals surface area contributed by atoms with E-state index >= 15 is 0 Å². The van der Waals surface area contributed by atoms with Crippen LogP contribution in [0.5, 0.6) is 17.2 Å². The van der Waals surface area contributed by atoms with Crippen LogP contribution in [0.15, 0.2) is 215 Å². The zero-order valence-corrected chi connectivity index (χ0v) is 68.5. The predicted octanol–water partition coefficient (Wildman–Crippen LogP) is 22.7. The fourth-order valence-electron chi connectivity index (χ4n) is 13.6. The van der Waals surface area contributed by atoms with E-state index in [0.29, 0.717) is 55.9 Å². The largest absolute Gasteiger partial charge is 0.501 e. The first-order valence-corrected chi connectivity index (χ1v) is 43.0. The fraction of sp³-hybridized carbons (Fsp3) is 0.172. The summed E-state index contributed by atoms with van der Waals surface area (Å²) in [4.78, 5) is 53.1. The molecule has 0 fully saturated rings. The van der Waals surface area contributed by atoms with Crippen molar-refractivity contribution in [2.24, 2.45) is 0 Å². The van der Waals surface area contributed by atoms with Crippen LogP contribution >= 0.6 is 34.0 Å². The summed E-state index contributed by atoms with van der Waals surface area (Å²) in [6.07, 6.45) is -0.792. The molecule has 15 rings (SSSR count). The Kier molecular flexibility index (Phi) is 22.8. The number of hydrogen-bond donors (Lipinski definition) is 3. The fourth-order valence-corrected chi connectivity index (χ4v) is 19.3. The minimum absolute atomic E-state index is 0.00521. The van der Waals surface area contributed by atoms with Crippen LogP contribution < -0.4 is 14.2 Å². The lowest BCUT2D eigenvalue weighted by Crippen LogP contribution is -2.23. The molecule has 0 unspecified atom stereocenters. The molecule has 18 nitrogen and oxygen atoms in total. The molecule has 0 radical (unpaired) electrons. The zero-order valence-electron chi connectivity index (χ0n) is 63.6. The molecule has 6 heterocycles. The van der Waals surface area contributed by atoms with Gasteiger partial charge in [-0.25, -0.2) is 54.6 Å². The van der Waals surface area contributed by atoms with Crippen LogP contribution in [0.2, 0.25) is 0 Å². The quantitative estimate of drug-likeness (QED) is 0.0673. The number of hydrogen-bond acceptors (Lipinski definition) is 18. The highest BCUT2D eigenvalue weighted by Gasteiger charge is 2.48. The van der Waals surface area contributed by atoms with Gasteiger partial charge >= 0.3 is 28.9 Å². The van der Waals surface area contributed by atoms with Gasteiger partial charge in [-0.2, -0.15) is 26.3 Å². The second kappa shape index (κ2) is 32.1. The zero-order chi connectivity index (χ0) is 84.4. The van der Waals surface area contributed by atoms with Crippen LogP contribution in [0.4, 0.5) is 26.3 Å². The number of aromatic nitrogens is 3. The van der Waals surface area contributed by atoms with Crippen LogP contribution in [0.25, 0.3) is 94.7 Å². The molecule has 15 aromatic rings. The number of fused-ring (bicyclic) bond motifs is 6. The lowest BCUT2D eigenvalue weighted by Gasteiger charge is -2.19. The van der Waals surface area contributed by atoms with E-state index in [0.717, 1.165) is 114 Å². The maximum atomic E-state index is 12.9. The Morgan fingerprint density at radius 2 is 0.615 bits per heavy atom. The highest BCUT2D eigenvalue weighted by Crippen LogP contribution is 2.46. The monoisotopic (exact) mass is 1700 g/mol. The standard InChI is InChI=1S/2C29H22F3NO5S2.C29H25NO5S2/c2*1-15-8-13-23(38-17(3)18-9-11-19(12-10-18)40(36,37)29(30,31)32)25-21(28(34)35)14-22(33-26(15)25)27-16(2)20-6-4-5-7-24(20)39-27;1-16-9-14-24(35-18(3)19-10-12-20(13-11-19)37(4,33)34)26-22(29(31)32)15-23(30-27(16)26)28-17(2)21-7-5-6-8-25(21)36-28/h2*4-14,17H,1-3H3,(H,34,35);5-15,18H,1-4H3,(H,31,32)/t2*17-;18-/m100/s1. The molecular weight excluding hydrogens is 1630 g/mol. The van der Waals surface area contributed by atoms with E-state index in [9.17, 15) is 81.3 Å². The number of carbonyl (C=O) groups is 3. The van der Waals surface area contributed by atoms with Gasteiger partial charge < -0.3 is 29.5 Å². The number of sulfone groups is 3. The summed E-state index contributed by atoms with van der Waals surface area (Å²) >= 11 is 4.65. The Bertz CT molecular complexity index is 6610. The number of ether oxygens (including phenoxy) is 3. The van der Waals surface area contributed by atoms with Crippen molar-refractivity contribution in [1.82, 2.24) is 15.0 Å². The lowest BCUT2D eigenvalue weighted by atomic mass is 10.0. The van der Waals surface area contributed by atoms with Gasteiger partial charge in [0.2, 0.25) is 0 Å². The minimum atomic E-state index is -5.48. The van der Waals surface area contributed by atoms with Crippen molar-refractivity contribution in [3.63, 3.8) is 0 Å². The van der Waals surface area contributed by atoms with Crippen molar-refractivity contribution in [3.05, 3.63) is 267 Å². The van der Waals surface area contributed by atoms with E-state index in [1.54, 1.807) is 85.8 Å². The van der Waals surface area contributed by atoms with E-state index in [-0.39, 0.29) is 43.9 Å². The summed E-state index contributed by atoms with van der Waals surface area (Å²) in [6, 6.07) is 53.8. The van der Waals surface area contributed by atoms with Gasteiger partial charge in [0, 0.05) is 20.4 Å².